The van der Waals surface area contributed by atoms with E-state index in [0.717, 1.165) is 43.2 Å². The van der Waals surface area contributed by atoms with Crippen LogP contribution in [-0.4, -0.2) is 41.7 Å². The maximum atomic E-state index is 5.37. The van der Waals surface area contributed by atoms with E-state index in [-0.39, 0.29) is 5.54 Å². The van der Waals surface area contributed by atoms with Crippen molar-refractivity contribution in [1.82, 2.24) is 15.2 Å². The fraction of sp³-hybridized carbons (Fsp3) is 0.706. The van der Waals surface area contributed by atoms with E-state index in [1.165, 1.54) is 6.42 Å². The van der Waals surface area contributed by atoms with Gasteiger partial charge in [-0.3, -0.25) is 9.88 Å². The number of methoxy groups -OCH3 is 1. The van der Waals surface area contributed by atoms with Crippen LogP contribution in [0.5, 0.6) is 5.75 Å². The van der Waals surface area contributed by atoms with Gasteiger partial charge in [-0.1, -0.05) is 6.92 Å². The van der Waals surface area contributed by atoms with Gasteiger partial charge in [-0.25, -0.2) is 0 Å². The summed E-state index contributed by atoms with van der Waals surface area (Å²) in [7, 11) is 1.71. The average molecular weight is 291 g/mol. The zero-order chi connectivity index (χ0) is 15.5. The van der Waals surface area contributed by atoms with E-state index in [4.69, 9.17) is 4.74 Å². The van der Waals surface area contributed by atoms with Crippen LogP contribution in [-0.2, 0) is 6.54 Å². The molecule has 1 saturated heterocycles. The van der Waals surface area contributed by atoms with Crippen LogP contribution in [0.2, 0.25) is 0 Å². The largest absolute Gasteiger partial charge is 0.497 e. The van der Waals surface area contributed by atoms with Crippen molar-refractivity contribution in [2.24, 2.45) is 0 Å². The van der Waals surface area contributed by atoms with Crippen LogP contribution in [0.1, 0.15) is 45.0 Å². The number of pyridine rings is 1. The molecule has 0 amide bonds. The summed E-state index contributed by atoms with van der Waals surface area (Å²) < 4.78 is 5.37. The van der Waals surface area contributed by atoms with Crippen LogP contribution in [0.4, 0.5) is 0 Å². The van der Waals surface area contributed by atoms with Gasteiger partial charge in [-0.2, -0.15) is 0 Å². The van der Waals surface area contributed by atoms with Crippen molar-refractivity contribution in [3.63, 3.8) is 0 Å². The molecule has 0 radical (unpaired) electrons. The fourth-order valence-corrected chi connectivity index (χ4v) is 2.98. The summed E-state index contributed by atoms with van der Waals surface area (Å²) in [5.74, 6) is 0.899. The molecule has 2 heterocycles. The summed E-state index contributed by atoms with van der Waals surface area (Å²) in [6.45, 7) is 12.0. The Morgan fingerprint density at radius 1 is 1.48 bits per heavy atom. The number of nitrogens with one attached hydrogen (secondary N) is 1. The van der Waals surface area contributed by atoms with Gasteiger partial charge in [0.2, 0.25) is 0 Å². The Labute approximate surface area is 128 Å². The first-order valence-corrected chi connectivity index (χ1v) is 7.96. The highest BCUT2D eigenvalue weighted by atomic mass is 16.5. The van der Waals surface area contributed by atoms with E-state index in [2.05, 4.69) is 42.0 Å². The lowest BCUT2D eigenvalue weighted by atomic mass is 9.98. The SMILES string of the molecule is CCC1(C)CN(Cc2cc(OC)cc(C)n2)C(C)CCN1. The Hall–Kier alpha value is -1.13. The molecule has 2 unspecified atom stereocenters. The molecule has 4 heteroatoms. The van der Waals surface area contributed by atoms with E-state index in [9.17, 15) is 0 Å². The summed E-state index contributed by atoms with van der Waals surface area (Å²) in [6, 6.07) is 4.60. The molecule has 21 heavy (non-hydrogen) atoms. The fourth-order valence-electron chi connectivity index (χ4n) is 2.98. The average Bonchev–Trinajstić information content (AvgIpc) is 2.58. The third kappa shape index (κ3) is 4.17. The van der Waals surface area contributed by atoms with Crippen LogP contribution in [0.15, 0.2) is 12.1 Å². The lowest BCUT2D eigenvalue weighted by molar-refractivity contribution is 0.161. The second-order valence-corrected chi connectivity index (χ2v) is 6.52. The zero-order valence-corrected chi connectivity index (χ0v) is 14.1. The highest BCUT2D eigenvalue weighted by Gasteiger charge is 2.30. The Morgan fingerprint density at radius 2 is 2.24 bits per heavy atom. The minimum Gasteiger partial charge on any atom is -0.497 e. The molecule has 0 saturated carbocycles. The summed E-state index contributed by atoms with van der Waals surface area (Å²) in [5.41, 5.74) is 2.31. The predicted octanol–water partition coefficient (Wildman–Crippen LogP) is 2.75. The second kappa shape index (κ2) is 6.75. The summed E-state index contributed by atoms with van der Waals surface area (Å²) in [6.07, 6.45) is 2.32. The molecule has 2 rings (SSSR count). The van der Waals surface area contributed by atoms with Crippen molar-refractivity contribution in [1.29, 1.82) is 0 Å². The molecule has 1 N–H and O–H groups in total. The van der Waals surface area contributed by atoms with Crippen LogP contribution in [0.25, 0.3) is 0 Å². The molecule has 2 atom stereocenters. The first kappa shape index (κ1) is 16.2. The zero-order valence-electron chi connectivity index (χ0n) is 14.1. The highest BCUT2D eigenvalue weighted by Crippen LogP contribution is 2.22. The number of hydrogen-bond donors (Lipinski definition) is 1. The van der Waals surface area contributed by atoms with Gasteiger partial charge in [0.15, 0.2) is 0 Å². The van der Waals surface area contributed by atoms with Gasteiger partial charge < -0.3 is 10.1 Å². The van der Waals surface area contributed by atoms with E-state index < -0.39 is 0 Å². The summed E-state index contributed by atoms with van der Waals surface area (Å²) in [4.78, 5) is 7.22. The molecule has 1 aromatic heterocycles. The Bertz CT molecular complexity index is 477. The first-order chi connectivity index (χ1) is 9.95. The molecule has 4 nitrogen and oxygen atoms in total. The minimum absolute atomic E-state index is 0.193. The Kier molecular flexibility index (Phi) is 5.22. The van der Waals surface area contributed by atoms with Crippen LogP contribution < -0.4 is 10.1 Å². The third-order valence-corrected chi connectivity index (χ3v) is 4.65. The standard InChI is InChI=1S/C17H29N3O/c1-6-17(4)12-20(14(3)7-8-18-17)11-15-10-16(21-5)9-13(2)19-15/h9-10,14,18H,6-8,11-12H2,1-5H3. The lowest BCUT2D eigenvalue weighted by Crippen LogP contribution is -2.49. The monoisotopic (exact) mass is 291 g/mol. The third-order valence-electron chi connectivity index (χ3n) is 4.65. The van der Waals surface area contributed by atoms with Gasteiger partial charge in [0.1, 0.15) is 5.75 Å². The molecular weight excluding hydrogens is 262 g/mol. The topological polar surface area (TPSA) is 37.4 Å². The van der Waals surface area contributed by atoms with Crippen molar-refractivity contribution in [2.45, 2.75) is 58.7 Å². The van der Waals surface area contributed by atoms with Crippen molar-refractivity contribution >= 4 is 0 Å². The number of rotatable bonds is 4. The molecule has 0 aromatic carbocycles. The van der Waals surface area contributed by atoms with Gasteiger partial charge in [0.25, 0.3) is 0 Å². The van der Waals surface area contributed by atoms with Crippen molar-refractivity contribution in [3.05, 3.63) is 23.5 Å². The van der Waals surface area contributed by atoms with E-state index in [0.29, 0.717) is 6.04 Å². The first-order valence-electron chi connectivity index (χ1n) is 7.96. The molecule has 0 aliphatic carbocycles. The number of aromatic nitrogens is 1. The van der Waals surface area contributed by atoms with Crippen molar-refractivity contribution in [3.8, 4) is 5.75 Å². The molecule has 118 valence electrons. The molecule has 1 aliphatic rings. The van der Waals surface area contributed by atoms with Gasteiger partial charge in [0, 0.05) is 42.5 Å². The maximum Gasteiger partial charge on any atom is 0.122 e. The van der Waals surface area contributed by atoms with Crippen LogP contribution in [0, 0.1) is 6.92 Å². The van der Waals surface area contributed by atoms with E-state index in [1.807, 2.05) is 13.0 Å². The number of hydrogen-bond acceptors (Lipinski definition) is 4. The van der Waals surface area contributed by atoms with Crippen molar-refractivity contribution in [2.75, 3.05) is 20.2 Å². The van der Waals surface area contributed by atoms with Gasteiger partial charge in [-0.05, 0) is 40.2 Å². The molecule has 0 spiro atoms. The predicted molar refractivity (Wildman–Crippen MR) is 86.7 cm³/mol. The number of ether oxygens (including phenoxy) is 1. The normalized spacial score (nSPS) is 27.4. The summed E-state index contributed by atoms with van der Waals surface area (Å²) >= 11 is 0. The van der Waals surface area contributed by atoms with Gasteiger partial charge >= 0.3 is 0 Å². The van der Waals surface area contributed by atoms with E-state index >= 15 is 0 Å². The molecule has 0 bridgehead atoms. The molecular formula is C17H29N3O. The quantitative estimate of drug-likeness (QED) is 0.925. The lowest BCUT2D eigenvalue weighted by Gasteiger charge is -2.34. The highest BCUT2D eigenvalue weighted by molar-refractivity contribution is 5.26. The molecule has 1 fully saturated rings. The van der Waals surface area contributed by atoms with Crippen LogP contribution >= 0.6 is 0 Å². The molecule has 1 aromatic rings. The number of aryl methyl sites for hydroxylation is 1. The maximum absolute atomic E-state index is 5.37. The minimum atomic E-state index is 0.193. The van der Waals surface area contributed by atoms with Gasteiger partial charge in [-0.15, -0.1) is 0 Å². The smallest absolute Gasteiger partial charge is 0.122 e. The Morgan fingerprint density at radius 3 is 2.90 bits per heavy atom. The molecule has 1 aliphatic heterocycles. The summed E-state index contributed by atoms with van der Waals surface area (Å²) in [5, 5.41) is 3.70. The second-order valence-electron chi connectivity index (χ2n) is 6.52. The van der Waals surface area contributed by atoms with E-state index in [1.54, 1.807) is 7.11 Å². The Balaban J connectivity index is 2.17. The van der Waals surface area contributed by atoms with Crippen molar-refractivity contribution < 1.29 is 4.74 Å². The van der Waals surface area contributed by atoms with Crippen LogP contribution in [0.3, 0.4) is 0 Å². The van der Waals surface area contributed by atoms with Gasteiger partial charge in [0.05, 0.1) is 12.8 Å². The number of nitrogens with zero attached hydrogens (tertiary/aromatic N) is 2.